The molecule has 0 saturated carbocycles. The third-order valence-electron chi connectivity index (χ3n) is 3.70. The van der Waals surface area contributed by atoms with Crippen molar-refractivity contribution in [3.05, 3.63) is 24.2 Å². The Balaban J connectivity index is 0.00000288. The number of nitrogens with zero attached hydrogens (tertiary/aromatic N) is 2. The number of carbonyl (C=O) groups is 1. The summed E-state index contributed by atoms with van der Waals surface area (Å²) in [4.78, 5) is 17.6. The highest BCUT2D eigenvalue weighted by Crippen LogP contribution is 2.10. The number of hydrogen-bond donors (Lipinski definition) is 2. The van der Waals surface area contributed by atoms with Gasteiger partial charge in [-0.2, -0.15) is 0 Å². The number of furan rings is 1. The molecule has 7 nitrogen and oxygen atoms in total. The van der Waals surface area contributed by atoms with Crippen molar-refractivity contribution in [1.82, 2.24) is 15.5 Å². The number of amides is 1. The summed E-state index contributed by atoms with van der Waals surface area (Å²) >= 11 is 0. The summed E-state index contributed by atoms with van der Waals surface area (Å²) in [6.07, 6.45) is 3.49. The Morgan fingerprint density at radius 3 is 2.88 bits per heavy atom. The summed E-state index contributed by atoms with van der Waals surface area (Å²) in [5, 5.41) is 6.54. The number of carbonyl (C=O) groups excluding carboxylic acids is 1. The minimum atomic E-state index is -0.0265. The van der Waals surface area contributed by atoms with E-state index in [1.807, 2.05) is 12.1 Å². The van der Waals surface area contributed by atoms with Crippen LogP contribution in [0.15, 0.2) is 27.8 Å². The number of nitrogens with one attached hydrogen (secondary N) is 2. The van der Waals surface area contributed by atoms with Crippen LogP contribution in [0.1, 0.15) is 12.2 Å². The van der Waals surface area contributed by atoms with E-state index in [1.165, 1.54) is 4.90 Å². The summed E-state index contributed by atoms with van der Waals surface area (Å²) in [6, 6.07) is 3.82. The lowest BCUT2D eigenvalue weighted by Crippen LogP contribution is -2.41. The first kappa shape index (κ1) is 20.8. The van der Waals surface area contributed by atoms with Gasteiger partial charge in [0.15, 0.2) is 5.96 Å². The van der Waals surface area contributed by atoms with Gasteiger partial charge < -0.3 is 24.7 Å². The van der Waals surface area contributed by atoms with Gasteiger partial charge >= 0.3 is 0 Å². The van der Waals surface area contributed by atoms with Gasteiger partial charge in [0.1, 0.15) is 12.3 Å². The Labute approximate surface area is 160 Å². The molecule has 1 unspecified atom stereocenters. The molecular weight excluding hydrogens is 423 g/mol. The SMILES string of the molecule is CN(C)C(=O)CN=C(NCCc1ccco1)NCC1CCOC1.I. The fourth-order valence-corrected chi connectivity index (χ4v) is 2.21. The quantitative estimate of drug-likeness (QED) is 0.370. The predicted octanol–water partition coefficient (Wildman–Crippen LogP) is 1.10. The van der Waals surface area contributed by atoms with Crippen LogP contribution in [0.3, 0.4) is 0 Å². The van der Waals surface area contributed by atoms with Gasteiger partial charge in [-0.05, 0) is 18.6 Å². The van der Waals surface area contributed by atoms with Crippen molar-refractivity contribution in [2.45, 2.75) is 12.8 Å². The maximum Gasteiger partial charge on any atom is 0.243 e. The van der Waals surface area contributed by atoms with Crippen LogP contribution >= 0.6 is 24.0 Å². The molecule has 0 bridgehead atoms. The van der Waals surface area contributed by atoms with Gasteiger partial charge in [0, 0.05) is 46.1 Å². The van der Waals surface area contributed by atoms with Crippen molar-refractivity contribution in [2.24, 2.45) is 10.9 Å². The van der Waals surface area contributed by atoms with Crippen LogP contribution in [0.2, 0.25) is 0 Å². The fraction of sp³-hybridized carbons (Fsp3) is 0.625. The van der Waals surface area contributed by atoms with Crippen LogP contribution < -0.4 is 10.6 Å². The van der Waals surface area contributed by atoms with Crippen LogP contribution in [0.5, 0.6) is 0 Å². The van der Waals surface area contributed by atoms with Crippen molar-refractivity contribution in [1.29, 1.82) is 0 Å². The van der Waals surface area contributed by atoms with Gasteiger partial charge in [-0.3, -0.25) is 4.79 Å². The van der Waals surface area contributed by atoms with E-state index in [-0.39, 0.29) is 36.4 Å². The highest BCUT2D eigenvalue weighted by Gasteiger charge is 2.16. The van der Waals surface area contributed by atoms with Crippen LogP contribution in [0.4, 0.5) is 0 Å². The van der Waals surface area contributed by atoms with Gasteiger partial charge in [-0.25, -0.2) is 4.99 Å². The zero-order valence-corrected chi connectivity index (χ0v) is 16.6. The molecule has 1 saturated heterocycles. The van der Waals surface area contributed by atoms with Crippen molar-refractivity contribution in [3.63, 3.8) is 0 Å². The number of rotatable bonds is 7. The highest BCUT2D eigenvalue weighted by atomic mass is 127. The number of likely N-dealkylation sites (N-methyl/N-ethyl adjacent to an activating group) is 1. The molecular formula is C16H27IN4O3. The first-order valence-electron chi connectivity index (χ1n) is 7.97. The fourth-order valence-electron chi connectivity index (χ4n) is 2.21. The summed E-state index contributed by atoms with van der Waals surface area (Å²) in [5.74, 6) is 2.04. The zero-order chi connectivity index (χ0) is 16.5. The molecule has 0 aliphatic carbocycles. The van der Waals surface area contributed by atoms with Gasteiger partial charge in [0.25, 0.3) is 0 Å². The average molecular weight is 450 g/mol. The molecule has 136 valence electrons. The molecule has 0 spiro atoms. The van der Waals surface area contributed by atoms with E-state index >= 15 is 0 Å². The van der Waals surface area contributed by atoms with Gasteiger partial charge in [0.2, 0.25) is 5.91 Å². The van der Waals surface area contributed by atoms with Crippen LogP contribution in [0, 0.1) is 5.92 Å². The van der Waals surface area contributed by atoms with Gasteiger partial charge in [-0.15, -0.1) is 24.0 Å². The van der Waals surface area contributed by atoms with Crippen LogP contribution in [-0.4, -0.2) is 63.7 Å². The normalized spacial score (nSPS) is 17.2. The van der Waals surface area contributed by atoms with Crippen LogP contribution in [0.25, 0.3) is 0 Å². The standard InChI is InChI=1S/C16H26N4O3.HI/c1-20(2)15(21)11-19-16(18-10-13-6-9-22-12-13)17-7-5-14-4-3-8-23-14;/h3-4,8,13H,5-7,9-12H2,1-2H3,(H2,17,18,19);1H. The second kappa shape index (κ2) is 11.3. The molecule has 1 aliphatic heterocycles. The lowest BCUT2D eigenvalue weighted by Gasteiger charge is -2.15. The summed E-state index contributed by atoms with van der Waals surface area (Å²) in [6.45, 7) is 3.22. The Morgan fingerprint density at radius 1 is 1.42 bits per heavy atom. The largest absolute Gasteiger partial charge is 0.469 e. The lowest BCUT2D eigenvalue weighted by atomic mass is 10.1. The lowest BCUT2D eigenvalue weighted by molar-refractivity contribution is -0.127. The molecule has 1 fully saturated rings. The highest BCUT2D eigenvalue weighted by molar-refractivity contribution is 14.0. The Hall–Kier alpha value is -1.29. The van der Waals surface area contributed by atoms with Crippen molar-refractivity contribution >= 4 is 35.8 Å². The van der Waals surface area contributed by atoms with E-state index in [2.05, 4.69) is 15.6 Å². The minimum Gasteiger partial charge on any atom is -0.469 e. The molecule has 8 heteroatoms. The molecule has 0 radical (unpaired) electrons. The summed E-state index contributed by atoms with van der Waals surface area (Å²) in [7, 11) is 3.45. The topological polar surface area (TPSA) is 79.1 Å². The molecule has 1 aromatic heterocycles. The predicted molar refractivity (Wildman–Crippen MR) is 104 cm³/mol. The average Bonchev–Trinajstić information content (AvgIpc) is 3.22. The van der Waals surface area contributed by atoms with Crippen LogP contribution in [-0.2, 0) is 16.0 Å². The van der Waals surface area contributed by atoms with Crippen molar-refractivity contribution in [3.8, 4) is 0 Å². The minimum absolute atomic E-state index is 0. The Bertz CT molecular complexity index is 499. The van der Waals surface area contributed by atoms with E-state index in [9.17, 15) is 4.79 Å². The van der Waals surface area contributed by atoms with Crippen molar-refractivity contribution in [2.75, 3.05) is 46.9 Å². The molecule has 24 heavy (non-hydrogen) atoms. The molecule has 1 aromatic rings. The van der Waals surface area contributed by atoms with E-state index in [0.717, 1.165) is 38.4 Å². The van der Waals surface area contributed by atoms with E-state index in [1.54, 1.807) is 20.4 Å². The van der Waals surface area contributed by atoms with Gasteiger partial charge in [-0.1, -0.05) is 0 Å². The number of ether oxygens (including phenoxy) is 1. The molecule has 0 aromatic carbocycles. The third kappa shape index (κ3) is 7.52. The van der Waals surface area contributed by atoms with E-state index < -0.39 is 0 Å². The smallest absolute Gasteiger partial charge is 0.243 e. The molecule has 2 rings (SSSR count). The second-order valence-electron chi connectivity index (χ2n) is 5.82. The maximum atomic E-state index is 11.7. The second-order valence-corrected chi connectivity index (χ2v) is 5.82. The first-order valence-corrected chi connectivity index (χ1v) is 7.97. The monoisotopic (exact) mass is 450 g/mol. The molecule has 1 aliphatic rings. The Morgan fingerprint density at radius 2 is 2.25 bits per heavy atom. The zero-order valence-electron chi connectivity index (χ0n) is 14.3. The van der Waals surface area contributed by atoms with E-state index in [4.69, 9.17) is 9.15 Å². The molecule has 2 N–H and O–H groups in total. The maximum absolute atomic E-state index is 11.7. The Kier molecular flexibility index (Phi) is 9.77. The first-order chi connectivity index (χ1) is 11.1. The number of hydrogen-bond acceptors (Lipinski definition) is 4. The molecule has 1 amide bonds. The number of halogens is 1. The number of guanidine groups is 1. The molecule has 1 atom stereocenters. The third-order valence-corrected chi connectivity index (χ3v) is 3.70. The molecule has 2 heterocycles. The summed E-state index contributed by atoms with van der Waals surface area (Å²) in [5.41, 5.74) is 0. The summed E-state index contributed by atoms with van der Waals surface area (Å²) < 4.78 is 10.7. The van der Waals surface area contributed by atoms with E-state index in [0.29, 0.717) is 18.4 Å². The number of aliphatic imine (C=N–C) groups is 1. The van der Waals surface area contributed by atoms with Gasteiger partial charge in [0.05, 0.1) is 12.9 Å². The van der Waals surface area contributed by atoms with Crippen molar-refractivity contribution < 1.29 is 13.9 Å².